The fraction of sp³-hybridized carbons (Fsp3) is 0.500. The van der Waals surface area contributed by atoms with Gasteiger partial charge in [0, 0.05) is 25.8 Å². The third-order valence-corrected chi connectivity index (χ3v) is 0. The van der Waals surface area contributed by atoms with Crippen LogP contribution in [0.15, 0.2) is 0 Å². The van der Waals surface area contributed by atoms with Gasteiger partial charge in [-0.25, -0.2) is 0 Å². The van der Waals surface area contributed by atoms with Gasteiger partial charge in [0.15, 0.2) is 0 Å². The van der Waals surface area contributed by atoms with E-state index < -0.39 is 0 Å². The summed E-state index contributed by atoms with van der Waals surface area (Å²) in [7, 11) is 0. The molecule has 6 heavy (non-hydrogen) atoms. The van der Waals surface area contributed by atoms with Crippen LogP contribution < -0.4 is 0 Å². The molecule has 0 aliphatic rings. The van der Waals surface area contributed by atoms with E-state index in [0.717, 1.165) is 0 Å². The molecule has 0 unspecified atom stereocenters. The SMILES string of the molecule is Br.Br.Br.[CH2-]C.[Hf]. The van der Waals surface area contributed by atoms with Crippen LogP contribution in [0.5, 0.6) is 0 Å². The summed E-state index contributed by atoms with van der Waals surface area (Å²) in [6.07, 6.45) is 0. The molecule has 0 saturated heterocycles. The molecule has 0 aromatic heterocycles. The first-order chi connectivity index (χ1) is 1.00. The number of rotatable bonds is 0. The molecule has 0 fully saturated rings. The van der Waals surface area contributed by atoms with Gasteiger partial charge < -0.3 is 6.92 Å². The van der Waals surface area contributed by atoms with Crippen molar-refractivity contribution in [3.63, 3.8) is 0 Å². The molecule has 0 nitrogen and oxygen atoms in total. The van der Waals surface area contributed by atoms with E-state index in [2.05, 4.69) is 6.92 Å². The zero-order chi connectivity index (χ0) is 2.00. The van der Waals surface area contributed by atoms with Crippen molar-refractivity contribution >= 4 is 50.9 Å². The Bertz CT molecular complexity index is 8.75. The molecular formula is C2H8Br3Hf-. The second kappa shape index (κ2) is 54.5. The second-order valence-electron chi connectivity index (χ2n) is 0. The summed E-state index contributed by atoms with van der Waals surface area (Å²) < 4.78 is 0. The van der Waals surface area contributed by atoms with Gasteiger partial charge in [-0.3, -0.25) is 0 Å². The zero-order valence-electron chi connectivity index (χ0n) is 3.43. The van der Waals surface area contributed by atoms with Crippen LogP contribution in [0, 0.1) is 6.92 Å². The van der Waals surface area contributed by atoms with Gasteiger partial charge in [-0.2, -0.15) is 6.92 Å². The van der Waals surface area contributed by atoms with E-state index in [1.807, 2.05) is 0 Å². The molecule has 0 amide bonds. The van der Waals surface area contributed by atoms with E-state index in [0.29, 0.717) is 0 Å². The van der Waals surface area contributed by atoms with Gasteiger partial charge in [-0.05, 0) is 0 Å². The Morgan fingerprint density at radius 2 is 0.833 bits per heavy atom. The van der Waals surface area contributed by atoms with E-state index in [4.69, 9.17) is 0 Å². The van der Waals surface area contributed by atoms with E-state index in [1.54, 1.807) is 6.92 Å². The van der Waals surface area contributed by atoms with Crippen LogP contribution in [-0.2, 0) is 25.8 Å². The van der Waals surface area contributed by atoms with E-state index in [1.165, 1.54) is 0 Å². The van der Waals surface area contributed by atoms with Gasteiger partial charge in [-0.1, -0.05) is 0 Å². The predicted octanol–water partition coefficient (Wildman–Crippen LogP) is 2.57. The topological polar surface area (TPSA) is 0 Å². The smallest absolute Gasteiger partial charge is 0 e. The number of hydrogen-bond donors (Lipinski definition) is 0. The molecule has 0 bridgehead atoms. The molecule has 0 aromatic rings. The number of halogens is 3. The predicted molar refractivity (Wildman–Crippen MR) is 42.0 cm³/mol. The molecule has 0 radical (unpaired) electrons. The van der Waals surface area contributed by atoms with Gasteiger partial charge in [-0.15, -0.1) is 50.9 Å². The maximum Gasteiger partial charge on any atom is 0 e. The molecule has 0 aromatic carbocycles. The second-order valence-corrected chi connectivity index (χ2v) is 0. The Hall–Kier alpha value is 2.31. The summed E-state index contributed by atoms with van der Waals surface area (Å²) in [5.41, 5.74) is 0. The first-order valence-electron chi connectivity index (χ1n) is 0.707. The van der Waals surface area contributed by atoms with Crippen LogP contribution in [0.25, 0.3) is 0 Å². The molecule has 0 rings (SSSR count). The van der Waals surface area contributed by atoms with Crippen molar-refractivity contribution in [1.29, 1.82) is 0 Å². The molecule has 0 aliphatic carbocycles. The first kappa shape index (κ1) is 40.5. The van der Waals surface area contributed by atoms with Crippen molar-refractivity contribution in [2.75, 3.05) is 0 Å². The minimum atomic E-state index is 0. The van der Waals surface area contributed by atoms with Crippen LogP contribution in [0.4, 0.5) is 0 Å². The third-order valence-electron chi connectivity index (χ3n) is 0. The van der Waals surface area contributed by atoms with Gasteiger partial charge in [0.05, 0.1) is 0 Å². The Balaban J connectivity index is -0.000000000833. The standard InChI is InChI=1S/C2H5.3BrH.Hf/c1-2;;;;/h1H2,2H3;3*1H;/q-1;;;;. The first-order valence-corrected chi connectivity index (χ1v) is 0.707. The van der Waals surface area contributed by atoms with Crippen LogP contribution in [0.2, 0.25) is 0 Å². The van der Waals surface area contributed by atoms with Crippen molar-refractivity contribution in [3.05, 3.63) is 6.92 Å². The molecule has 0 N–H and O–H groups in total. The largest absolute Gasteiger partial charge is 0.346 e. The maximum atomic E-state index is 3.25. The summed E-state index contributed by atoms with van der Waals surface area (Å²) in [4.78, 5) is 0. The van der Waals surface area contributed by atoms with Gasteiger partial charge in [0.2, 0.25) is 0 Å². The summed E-state index contributed by atoms with van der Waals surface area (Å²) in [6.45, 7) is 5.00. The third kappa shape index (κ3) is 33.3. The number of hydrogen-bond acceptors (Lipinski definition) is 0. The molecule has 42 valence electrons. The zero-order valence-corrected chi connectivity index (χ0v) is 12.2. The van der Waals surface area contributed by atoms with Crippen molar-refractivity contribution in [3.8, 4) is 0 Å². The summed E-state index contributed by atoms with van der Waals surface area (Å²) in [5.74, 6) is 0. The molecular weight excluding hydrogens is 442 g/mol. The Morgan fingerprint density at radius 1 is 0.833 bits per heavy atom. The minimum Gasteiger partial charge on any atom is -0.346 e. The van der Waals surface area contributed by atoms with Gasteiger partial charge in [0.25, 0.3) is 0 Å². The normalized spacial score (nSPS) is 1.00. The van der Waals surface area contributed by atoms with Crippen LogP contribution >= 0.6 is 50.9 Å². The molecule has 0 atom stereocenters. The average Bonchev–Trinajstić information content (AvgIpc) is 1.00. The monoisotopic (exact) mass is 449 g/mol. The fourth-order valence-electron chi connectivity index (χ4n) is 0. The quantitative estimate of drug-likeness (QED) is 0.393. The summed E-state index contributed by atoms with van der Waals surface area (Å²) >= 11 is 0. The van der Waals surface area contributed by atoms with Crippen LogP contribution in [0.1, 0.15) is 6.92 Å². The fourth-order valence-corrected chi connectivity index (χ4v) is 0. The molecule has 0 heterocycles. The van der Waals surface area contributed by atoms with Gasteiger partial charge >= 0.3 is 0 Å². The Morgan fingerprint density at radius 3 is 0.833 bits per heavy atom. The summed E-state index contributed by atoms with van der Waals surface area (Å²) in [6, 6.07) is 0. The molecule has 4 heteroatoms. The average molecular weight is 450 g/mol. The summed E-state index contributed by atoms with van der Waals surface area (Å²) in [5, 5.41) is 0. The molecule has 0 spiro atoms. The van der Waals surface area contributed by atoms with E-state index >= 15 is 0 Å². The van der Waals surface area contributed by atoms with Crippen molar-refractivity contribution in [2.45, 2.75) is 6.92 Å². The molecule has 0 saturated carbocycles. The van der Waals surface area contributed by atoms with Crippen molar-refractivity contribution < 1.29 is 25.8 Å². The van der Waals surface area contributed by atoms with Crippen LogP contribution in [0.3, 0.4) is 0 Å². The minimum absolute atomic E-state index is 0. The molecule has 0 aliphatic heterocycles. The van der Waals surface area contributed by atoms with E-state index in [9.17, 15) is 0 Å². The van der Waals surface area contributed by atoms with Gasteiger partial charge in [0.1, 0.15) is 0 Å². The maximum absolute atomic E-state index is 3.25. The van der Waals surface area contributed by atoms with Crippen molar-refractivity contribution in [2.24, 2.45) is 0 Å². The Labute approximate surface area is 89.6 Å². The Kier molecular flexibility index (Phi) is 368. The van der Waals surface area contributed by atoms with Crippen LogP contribution in [-0.4, -0.2) is 0 Å². The van der Waals surface area contributed by atoms with Crippen molar-refractivity contribution in [1.82, 2.24) is 0 Å². The van der Waals surface area contributed by atoms with E-state index in [-0.39, 0.29) is 76.8 Å².